The van der Waals surface area contributed by atoms with Gasteiger partial charge < -0.3 is 0 Å². The summed E-state index contributed by atoms with van der Waals surface area (Å²) in [6, 6.07) is 8.43. The molecule has 15 heavy (non-hydrogen) atoms. The molecule has 1 nitrogen and oxygen atoms in total. The molecular formula is C14H14O. The summed E-state index contributed by atoms with van der Waals surface area (Å²) in [5.41, 5.74) is 2.68. The molecule has 1 saturated carbocycles. The first-order valence-corrected chi connectivity index (χ1v) is 5.55. The summed E-state index contributed by atoms with van der Waals surface area (Å²) >= 11 is 0. The van der Waals surface area contributed by atoms with Gasteiger partial charge in [-0.15, -0.1) is 0 Å². The molecule has 1 heteroatoms. The molecule has 1 fully saturated rings. The van der Waals surface area contributed by atoms with Gasteiger partial charge in [0.2, 0.25) is 0 Å². The molecule has 1 aromatic carbocycles. The second kappa shape index (κ2) is 3.06. The minimum Gasteiger partial charge on any atom is -0.298 e. The Bertz CT molecular complexity index is 444. The lowest BCUT2D eigenvalue weighted by atomic mass is 9.84. The number of fused-ring (bicyclic) bond motifs is 2. The van der Waals surface area contributed by atoms with Crippen LogP contribution in [0.5, 0.6) is 0 Å². The Kier molecular flexibility index (Phi) is 1.82. The summed E-state index contributed by atoms with van der Waals surface area (Å²) in [5.74, 6) is 1.24. The molecule has 0 aliphatic heterocycles. The molecule has 3 rings (SSSR count). The predicted octanol–water partition coefficient (Wildman–Crippen LogP) is 2.85. The maximum absolute atomic E-state index is 11.8. The number of ketones is 1. The first-order chi connectivity index (χ1) is 7.27. The minimum atomic E-state index is 0.163. The van der Waals surface area contributed by atoms with Gasteiger partial charge in [-0.05, 0) is 30.4 Å². The van der Waals surface area contributed by atoms with Gasteiger partial charge in [0, 0.05) is 11.8 Å². The van der Waals surface area contributed by atoms with E-state index in [0.717, 1.165) is 6.42 Å². The van der Waals surface area contributed by atoms with E-state index in [0.29, 0.717) is 11.7 Å². The molecule has 0 saturated heterocycles. The molecule has 2 bridgehead atoms. The van der Waals surface area contributed by atoms with Crippen molar-refractivity contribution < 1.29 is 4.79 Å². The monoisotopic (exact) mass is 198 g/mol. The lowest BCUT2D eigenvalue weighted by Crippen LogP contribution is -2.10. The van der Waals surface area contributed by atoms with Crippen LogP contribution in [-0.4, -0.2) is 5.78 Å². The van der Waals surface area contributed by atoms with Gasteiger partial charge in [-0.3, -0.25) is 4.79 Å². The molecule has 3 atom stereocenters. The van der Waals surface area contributed by atoms with Crippen LogP contribution in [0.1, 0.15) is 23.5 Å². The van der Waals surface area contributed by atoms with Gasteiger partial charge in [0.25, 0.3) is 0 Å². The highest BCUT2D eigenvalue weighted by Crippen LogP contribution is 2.46. The van der Waals surface area contributed by atoms with Crippen molar-refractivity contribution in [3.63, 3.8) is 0 Å². The molecular weight excluding hydrogens is 184 g/mol. The second-order valence-corrected chi connectivity index (χ2v) is 4.62. The van der Waals surface area contributed by atoms with Crippen LogP contribution in [0.3, 0.4) is 0 Å². The summed E-state index contributed by atoms with van der Waals surface area (Å²) in [5, 5.41) is 0. The van der Waals surface area contributed by atoms with Crippen LogP contribution in [0, 0.1) is 18.8 Å². The average Bonchev–Trinajstić information content (AvgIpc) is 2.75. The molecule has 0 amide bonds. The molecule has 1 aromatic rings. The number of hydrogen-bond acceptors (Lipinski definition) is 1. The SMILES string of the molecule is Cc1ccccc1C1CC2C=CC1C2=O. The lowest BCUT2D eigenvalue weighted by molar-refractivity contribution is -0.120. The van der Waals surface area contributed by atoms with Crippen molar-refractivity contribution in [2.75, 3.05) is 0 Å². The Morgan fingerprint density at radius 3 is 2.60 bits per heavy atom. The highest BCUT2D eigenvalue weighted by atomic mass is 16.1. The summed E-state index contributed by atoms with van der Waals surface area (Å²) in [4.78, 5) is 11.8. The van der Waals surface area contributed by atoms with Gasteiger partial charge >= 0.3 is 0 Å². The molecule has 0 heterocycles. The van der Waals surface area contributed by atoms with E-state index >= 15 is 0 Å². The summed E-state index contributed by atoms with van der Waals surface area (Å²) in [7, 11) is 0. The van der Waals surface area contributed by atoms with Gasteiger partial charge in [-0.25, -0.2) is 0 Å². The topological polar surface area (TPSA) is 17.1 Å². The predicted molar refractivity (Wildman–Crippen MR) is 59.7 cm³/mol. The number of benzene rings is 1. The zero-order valence-corrected chi connectivity index (χ0v) is 8.81. The Balaban J connectivity index is 2.01. The smallest absolute Gasteiger partial charge is 0.147 e. The van der Waals surface area contributed by atoms with Crippen molar-refractivity contribution in [1.29, 1.82) is 0 Å². The van der Waals surface area contributed by atoms with E-state index in [1.165, 1.54) is 11.1 Å². The van der Waals surface area contributed by atoms with Crippen molar-refractivity contribution in [2.24, 2.45) is 11.8 Å². The van der Waals surface area contributed by atoms with E-state index in [1.54, 1.807) is 0 Å². The first-order valence-electron chi connectivity index (χ1n) is 5.55. The van der Waals surface area contributed by atoms with Crippen molar-refractivity contribution in [1.82, 2.24) is 0 Å². The summed E-state index contributed by atoms with van der Waals surface area (Å²) in [6.45, 7) is 2.13. The fourth-order valence-electron chi connectivity index (χ4n) is 2.96. The van der Waals surface area contributed by atoms with E-state index < -0.39 is 0 Å². The third-order valence-corrected chi connectivity index (χ3v) is 3.77. The zero-order valence-electron chi connectivity index (χ0n) is 8.81. The molecule has 3 unspecified atom stereocenters. The highest BCUT2D eigenvalue weighted by Gasteiger charge is 2.44. The molecule has 0 radical (unpaired) electrons. The van der Waals surface area contributed by atoms with Gasteiger partial charge in [0.1, 0.15) is 5.78 Å². The molecule has 2 aliphatic rings. The van der Waals surface area contributed by atoms with Crippen LogP contribution >= 0.6 is 0 Å². The van der Waals surface area contributed by atoms with E-state index in [2.05, 4.69) is 43.3 Å². The van der Waals surface area contributed by atoms with Crippen molar-refractivity contribution in [3.8, 4) is 0 Å². The Morgan fingerprint density at radius 2 is 2.00 bits per heavy atom. The van der Waals surface area contributed by atoms with Gasteiger partial charge in [0.05, 0.1) is 0 Å². The first kappa shape index (κ1) is 8.90. The zero-order chi connectivity index (χ0) is 10.4. The van der Waals surface area contributed by atoms with E-state index in [-0.39, 0.29) is 11.8 Å². The molecule has 0 aromatic heterocycles. The van der Waals surface area contributed by atoms with Crippen LogP contribution in [-0.2, 0) is 4.79 Å². The van der Waals surface area contributed by atoms with E-state index in [1.807, 2.05) is 0 Å². The molecule has 76 valence electrons. The number of hydrogen-bond donors (Lipinski definition) is 0. The number of carbonyl (C=O) groups excluding carboxylic acids is 1. The van der Waals surface area contributed by atoms with Crippen LogP contribution in [0.2, 0.25) is 0 Å². The van der Waals surface area contributed by atoms with Crippen LogP contribution in [0.15, 0.2) is 36.4 Å². The fourth-order valence-corrected chi connectivity index (χ4v) is 2.96. The van der Waals surface area contributed by atoms with Crippen molar-refractivity contribution >= 4 is 5.78 Å². The molecule has 2 aliphatic carbocycles. The quantitative estimate of drug-likeness (QED) is 0.634. The molecule has 0 N–H and O–H groups in total. The average molecular weight is 198 g/mol. The number of carbonyl (C=O) groups is 1. The minimum absolute atomic E-state index is 0.163. The largest absolute Gasteiger partial charge is 0.298 e. The number of rotatable bonds is 1. The van der Waals surface area contributed by atoms with Crippen LogP contribution in [0.25, 0.3) is 0 Å². The number of allylic oxidation sites excluding steroid dienone is 2. The fraction of sp³-hybridized carbons (Fsp3) is 0.357. The van der Waals surface area contributed by atoms with E-state index in [4.69, 9.17) is 0 Å². The third kappa shape index (κ3) is 1.19. The standard InChI is InChI=1S/C14H14O/c1-9-4-2-3-5-11(9)13-8-10-6-7-12(13)14(10)15/h2-7,10,12-13H,8H2,1H3. The summed E-state index contributed by atoms with van der Waals surface area (Å²) < 4.78 is 0. The second-order valence-electron chi connectivity index (χ2n) is 4.62. The Labute approximate surface area is 89.8 Å². The normalized spacial score (nSPS) is 32.6. The van der Waals surface area contributed by atoms with Crippen LogP contribution in [0.4, 0.5) is 0 Å². The summed E-state index contributed by atoms with van der Waals surface area (Å²) in [6.07, 6.45) is 5.21. The Morgan fingerprint density at radius 1 is 1.20 bits per heavy atom. The third-order valence-electron chi connectivity index (χ3n) is 3.77. The number of Topliss-reactive ketones (excluding diaryl/α,β-unsaturated/α-hetero) is 1. The van der Waals surface area contributed by atoms with Gasteiger partial charge in [-0.2, -0.15) is 0 Å². The van der Waals surface area contributed by atoms with Crippen molar-refractivity contribution in [3.05, 3.63) is 47.5 Å². The maximum Gasteiger partial charge on any atom is 0.147 e. The maximum atomic E-state index is 11.8. The Hall–Kier alpha value is -1.37. The lowest BCUT2D eigenvalue weighted by Gasteiger charge is -2.19. The van der Waals surface area contributed by atoms with E-state index in [9.17, 15) is 4.79 Å². The van der Waals surface area contributed by atoms with Crippen molar-refractivity contribution in [2.45, 2.75) is 19.3 Å². The van der Waals surface area contributed by atoms with Gasteiger partial charge in [-0.1, -0.05) is 36.4 Å². The number of aryl methyl sites for hydroxylation is 1. The van der Waals surface area contributed by atoms with Gasteiger partial charge in [0.15, 0.2) is 0 Å². The van der Waals surface area contributed by atoms with Crippen LogP contribution < -0.4 is 0 Å². The molecule has 0 spiro atoms. The highest BCUT2D eigenvalue weighted by molar-refractivity contribution is 5.92.